The van der Waals surface area contributed by atoms with Gasteiger partial charge in [0.25, 0.3) is 0 Å². The van der Waals surface area contributed by atoms with Crippen LogP contribution in [0.15, 0.2) is 33.7 Å². The van der Waals surface area contributed by atoms with Gasteiger partial charge in [0, 0.05) is 6.04 Å². The standard InChI is InChI=1S/C13H15FN2O3S/c1-8(11-4-6-12(14)7-5-11)16-20(17,18)13-9(2)15-19-10(13)3/h4-8,16H,1-3H3/t8-/m0/s1. The van der Waals surface area contributed by atoms with Gasteiger partial charge in [-0.1, -0.05) is 17.3 Å². The second-order valence-corrected chi connectivity index (χ2v) is 6.20. The van der Waals surface area contributed by atoms with Crippen molar-refractivity contribution < 1.29 is 17.3 Å². The van der Waals surface area contributed by atoms with E-state index in [-0.39, 0.29) is 16.5 Å². The smallest absolute Gasteiger partial charge is 0.246 e. The summed E-state index contributed by atoms with van der Waals surface area (Å²) in [5.41, 5.74) is 0.975. The van der Waals surface area contributed by atoms with Crippen LogP contribution in [0.3, 0.4) is 0 Å². The van der Waals surface area contributed by atoms with Crippen LogP contribution in [0.25, 0.3) is 0 Å². The number of halogens is 1. The Hall–Kier alpha value is -1.73. The Kier molecular flexibility index (Phi) is 3.92. The molecule has 1 aromatic heterocycles. The lowest BCUT2D eigenvalue weighted by molar-refractivity contribution is 0.390. The Balaban J connectivity index is 2.27. The van der Waals surface area contributed by atoms with Gasteiger partial charge in [0.1, 0.15) is 16.4 Å². The summed E-state index contributed by atoms with van der Waals surface area (Å²) < 4.78 is 44.9. The van der Waals surface area contributed by atoms with Crippen molar-refractivity contribution in [1.82, 2.24) is 9.88 Å². The van der Waals surface area contributed by atoms with E-state index in [1.54, 1.807) is 13.8 Å². The summed E-state index contributed by atoms with van der Waals surface area (Å²) in [6, 6.07) is 5.16. The molecule has 0 saturated heterocycles. The summed E-state index contributed by atoms with van der Waals surface area (Å²) in [5.74, 6) is -0.129. The van der Waals surface area contributed by atoms with E-state index in [1.807, 2.05) is 0 Å². The Morgan fingerprint density at radius 1 is 1.25 bits per heavy atom. The SMILES string of the molecule is Cc1noc(C)c1S(=O)(=O)N[C@@H](C)c1ccc(F)cc1. The van der Waals surface area contributed by atoms with Gasteiger partial charge in [-0.05, 0) is 38.5 Å². The second-order valence-electron chi connectivity index (χ2n) is 4.55. The van der Waals surface area contributed by atoms with Crippen molar-refractivity contribution in [2.24, 2.45) is 0 Å². The summed E-state index contributed by atoms with van der Waals surface area (Å²) in [5, 5.41) is 3.63. The molecule has 0 aliphatic carbocycles. The van der Waals surface area contributed by atoms with Gasteiger partial charge in [-0.3, -0.25) is 0 Å². The average molecular weight is 298 g/mol. The van der Waals surface area contributed by atoms with Crippen LogP contribution in [-0.2, 0) is 10.0 Å². The molecule has 1 heterocycles. The van der Waals surface area contributed by atoms with Gasteiger partial charge in [-0.15, -0.1) is 0 Å². The van der Waals surface area contributed by atoms with Crippen LogP contribution in [-0.4, -0.2) is 13.6 Å². The predicted octanol–water partition coefficient (Wildman–Crippen LogP) is 2.47. The van der Waals surface area contributed by atoms with E-state index in [0.29, 0.717) is 11.3 Å². The molecule has 20 heavy (non-hydrogen) atoms. The predicted molar refractivity (Wildman–Crippen MR) is 71.1 cm³/mol. The monoisotopic (exact) mass is 298 g/mol. The van der Waals surface area contributed by atoms with Gasteiger partial charge < -0.3 is 4.52 Å². The molecule has 5 nitrogen and oxygen atoms in total. The molecule has 1 atom stereocenters. The first kappa shape index (κ1) is 14.7. The Bertz CT molecular complexity index is 688. The molecule has 0 aliphatic heterocycles. The lowest BCUT2D eigenvalue weighted by atomic mass is 10.1. The van der Waals surface area contributed by atoms with E-state index >= 15 is 0 Å². The first-order chi connectivity index (χ1) is 9.31. The number of sulfonamides is 1. The van der Waals surface area contributed by atoms with E-state index in [0.717, 1.165) is 0 Å². The molecule has 0 bridgehead atoms. The van der Waals surface area contributed by atoms with Crippen molar-refractivity contribution in [1.29, 1.82) is 0 Å². The largest absolute Gasteiger partial charge is 0.360 e. The van der Waals surface area contributed by atoms with E-state index in [2.05, 4.69) is 9.88 Å². The van der Waals surface area contributed by atoms with Gasteiger partial charge in [0.2, 0.25) is 10.0 Å². The molecule has 0 radical (unpaired) electrons. The molecule has 0 spiro atoms. The lowest BCUT2D eigenvalue weighted by Crippen LogP contribution is -2.27. The maximum Gasteiger partial charge on any atom is 0.246 e. The zero-order valence-electron chi connectivity index (χ0n) is 11.3. The molecule has 0 unspecified atom stereocenters. The Morgan fingerprint density at radius 2 is 1.85 bits per heavy atom. The summed E-state index contributed by atoms with van der Waals surface area (Å²) >= 11 is 0. The number of rotatable bonds is 4. The lowest BCUT2D eigenvalue weighted by Gasteiger charge is -2.14. The third-order valence-electron chi connectivity index (χ3n) is 2.94. The van der Waals surface area contributed by atoms with Crippen LogP contribution in [0, 0.1) is 19.7 Å². The number of aryl methyl sites for hydroxylation is 2. The number of nitrogens with one attached hydrogen (secondary N) is 1. The van der Waals surface area contributed by atoms with Gasteiger partial charge in [-0.25, -0.2) is 17.5 Å². The highest BCUT2D eigenvalue weighted by atomic mass is 32.2. The Labute approximate surface area is 116 Å². The Morgan fingerprint density at radius 3 is 2.35 bits per heavy atom. The molecule has 1 N–H and O–H groups in total. The molecule has 2 rings (SSSR count). The van der Waals surface area contributed by atoms with Gasteiger partial charge in [0.05, 0.1) is 0 Å². The highest BCUT2D eigenvalue weighted by Gasteiger charge is 2.26. The van der Waals surface area contributed by atoms with E-state index in [4.69, 9.17) is 4.52 Å². The fourth-order valence-corrected chi connectivity index (χ4v) is 3.53. The summed E-state index contributed by atoms with van der Waals surface area (Å²) in [4.78, 5) is 0.0476. The fourth-order valence-electron chi connectivity index (χ4n) is 1.97. The van der Waals surface area contributed by atoms with Crippen LogP contribution >= 0.6 is 0 Å². The second kappa shape index (κ2) is 5.34. The van der Waals surface area contributed by atoms with Crippen LogP contribution < -0.4 is 4.72 Å². The van der Waals surface area contributed by atoms with Crippen molar-refractivity contribution in [3.05, 3.63) is 47.1 Å². The first-order valence-corrected chi connectivity index (χ1v) is 7.50. The number of hydrogen-bond acceptors (Lipinski definition) is 4. The van der Waals surface area contributed by atoms with Crippen molar-refractivity contribution in [3.8, 4) is 0 Å². The van der Waals surface area contributed by atoms with Gasteiger partial charge in [-0.2, -0.15) is 0 Å². The molecule has 1 aromatic carbocycles. The third-order valence-corrected chi connectivity index (χ3v) is 4.72. The van der Waals surface area contributed by atoms with Crippen LogP contribution in [0.5, 0.6) is 0 Å². The topological polar surface area (TPSA) is 72.2 Å². The minimum absolute atomic E-state index is 0.0476. The van der Waals surface area contributed by atoms with Crippen molar-refractivity contribution in [2.75, 3.05) is 0 Å². The molecule has 7 heteroatoms. The highest BCUT2D eigenvalue weighted by Crippen LogP contribution is 2.22. The van der Waals surface area contributed by atoms with Gasteiger partial charge in [0.15, 0.2) is 5.76 Å². The molecule has 0 fully saturated rings. The van der Waals surface area contributed by atoms with Crippen molar-refractivity contribution in [2.45, 2.75) is 31.7 Å². The van der Waals surface area contributed by atoms with Crippen LogP contribution in [0.4, 0.5) is 4.39 Å². The zero-order valence-corrected chi connectivity index (χ0v) is 12.2. The molecular formula is C13H15FN2O3S. The minimum atomic E-state index is -3.74. The van der Waals surface area contributed by atoms with Crippen LogP contribution in [0.2, 0.25) is 0 Å². The number of benzene rings is 1. The average Bonchev–Trinajstić information content (AvgIpc) is 2.69. The normalized spacial score (nSPS) is 13.4. The number of aromatic nitrogens is 1. The van der Waals surface area contributed by atoms with Crippen LogP contribution in [0.1, 0.15) is 30.0 Å². The molecule has 0 saturated carbocycles. The van der Waals surface area contributed by atoms with Crippen molar-refractivity contribution in [3.63, 3.8) is 0 Å². The highest BCUT2D eigenvalue weighted by molar-refractivity contribution is 7.89. The quantitative estimate of drug-likeness (QED) is 0.941. The molecule has 0 aliphatic rings. The third kappa shape index (κ3) is 2.88. The van der Waals surface area contributed by atoms with E-state index < -0.39 is 16.1 Å². The molecule has 2 aromatic rings. The zero-order chi connectivity index (χ0) is 14.9. The summed E-state index contributed by atoms with van der Waals surface area (Å²) in [7, 11) is -3.74. The first-order valence-electron chi connectivity index (χ1n) is 6.02. The number of hydrogen-bond donors (Lipinski definition) is 1. The number of nitrogens with zero attached hydrogens (tertiary/aromatic N) is 1. The minimum Gasteiger partial charge on any atom is -0.360 e. The molecule has 108 valence electrons. The van der Waals surface area contributed by atoms with E-state index in [1.165, 1.54) is 31.2 Å². The summed E-state index contributed by atoms with van der Waals surface area (Å²) in [6.07, 6.45) is 0. The van der Waals surface area contributed by atoms with E-state index in [9.17, 15) is 12.8 Å². The fraction of sp³-hybridized carbons (Fsp3) is 0.308. The van der Waals surface area contributed by atoms with Crippen molar-refractivity contribution >= 4 is 10.0 Å². The maximum atomic E-state index is 12.9. The summed E-state index contributed by atoms with van der Waals surface area (Å²) in [6.45, 7) is 4.79. The maximum absolute atomic E-state index is 12.9. The van der Waals surface area contributed by atoms with Gasteiger partial charge >= 0.3 is 0 Å². The molecular weight excluding hydrogens is 283 g/mol. The molecule has 0 amide bonds.